The third kappa shape index (κ3) is 2.86. The van der Waals surface area contributed by atoms with Crippen LogP contribution < -0.4 is 5.56 Å². The fraction of sp³-hybridized carbons (Fsp3) is 0.556. The lowest BCUT2D eigenvalue weighted by Gasteiger charge is -2.34. The predicted molar refractivity (Wildman–Crippen MR) is 93.2 cm³/mol. The minimum absolute atomic E-state index is 0.0273. The van der Waals surface area contributed by atoms with Gasteiger partial charge in [-0.05, 0) is 50.8 Å². The first-order valence-electron chi connectivity index (χ1n) is 8.82. The molecule has 2 aromatic heterocycles. The molecule has 0 aromatic carbocycles. The summed E-state index contributed by atoms with van der Waals surface area (Å²) in [5.41, 5.74) is 0.831. The maximum Gasteiger partial charge on any atom is 0.272 e. The summed E-state index contributed by atoms with van der Waals surface area (Å²) in [7, 11) is 1.86. The molecule has 24 heavy (non-hydrogen) atoms. The first-order valence-corrected chi connectivity index (χ1v) is 8.82. The molecule has 0 spiro atoms. The van der Waals surface area contributed by atoms with Crippen molar-refractivity contribution in [3.63, 3.8) is 0 Å². The van der Waals surface area contributed by atoms with Crippen LogP contribution in [-0.4, -0.2) is 58.4 Å². The number of pyridine rings is 1. The molecule has 128 valence electrons. The van der Waals surface area contributed by atoms with E-state index in [0.29, 0.717) is 22.4 Å². The molecular weight excluding hydrogens is 304 g/mol. The van der Waals surface area contributed by atoms with Crippen LogP contribution in [0.2, 0.25) is 0 Å². The van der Waals surface area contributed by atoms with E-state index in [1.54, 1.807) is 17.2 Å². The molecule has 1 saturated heterocycles. The Kier molecular flexibility index (Phi) is 3.92. The number of hydrogen-bond donors (Lipinski definition) is 2. The van der Waals surface area contributed by atoms with Crippen molar-refractivity contribution in [2.24, 2.45) is 5.92 Å². The Morgan fingerprint density at radius 2 is 2.00 bits per heavy atom. The Labute approximate surface area is 140 Å². The number of H-pyrrole nitrogens is 2. The molecule has 1 saturated carbocycles. The number of amides is 1. The maximum atomic E-state index is 12.8. The molecule has 1 aliphatic carbocycles. The van der Waals surface area contributed by atoms with E-state index in [2.05, 4.69) is 14.9 Å². The van der Waals surface area contributed by atoms with E-state index in [9.17, 15) is 9.59 Å². The molecular formula is C18H24N4O2. The van der Waals surface area contributed by atoms with Crippen molar-refractivity contribution >= 4 is 16.8 Å². The van der Waals surface area contributed by atoms with Gasteiger partial charge in [-0.3, -0.25) is 9.59 Å². The third-order valence-corrected chi connectivity index (χ3v) is 5.43. The number of rotatable bonds is 4. The van der Waals surface area contributed by atoms with Crippen molar-refractivity contribution in [3.05, 3.63) is 34.4 Å². The molecule has 0 atom stereocenters. The second-order valence-corrected chi connectivity index (χ2v) is 7.19. The lowest BCUT2D eigenvalue weighted by molar-refractivity contribution is 0.0738. The summed E-state index contributed by atoms with van der Waals surface area (Å²) in [6.45, 7) is 3.11. The monoisotopic (exact) mass is 328 g/mol. The lowest BCUT2D eigenvalue weighted by atomic mass is 9.96. The minimum Gasteiger partial charge on any atom is -0.357 e. The van der Waals surface area contributed by atoms with Crippen LogP contribution in [0.5, 0.6) is 0 Å². The maximum absolute atomic E-state index is 12.8. The molecule has 1 aliphatic heterocycles. The number of carbonyl (C=O) groups excluding carboxylic acids is 1. The molecule has 2 N–H and O–H groups in total. The van der Waals surface area contributed by atoms with Crippen LogP contribution in [0, 0.1) is 5.92 Å². The summed E-state index contributed by atoms with van der Waals surface area (Å²) < 4.78 is 0. The number of carbonyl (C=O) groups is 1. The zero-order valence-electron chi connectivity index (χ0n) is 14.0. The highest BCUT2D eigenvalue weighted by atomic mass is 16.2. The summed E-state index contributed by atoms with van der Waals surface area (Å²) in [5, 5.41) is 0.694. The summed E-state index contributed by atoms with van der Waals surface area (Å²) in [5.74, 6) is 0.541. The standard InChI is InChI=1S/C18H24N4O2/c1-21(11-12-5-8-22(9-6-12)13-2-3-13)18(24)15-10-20-17(23)16-14(15)4-7-19-16/h4,7,10,12-13,19H,2-3,5-6,8-9,11H2,1H3,(H,20,23). The van der Waals surface area contributed by atoms with Gasteiger partial charge in [-0.25, -0.2) is 0 Å². The van der Waals surface area contributed by atoms with E-state index >= 15 is 0 Å². The molecule has 6 heteroatoms. The predicted octanol–water partition coefficient (Wildman–Crippen LogP) is 1.80. The number of fused-ring (bicyclic) bond motifs is 1. The zero-order chi connectivity index (χ0) is 16.7. The van der Waals surface area contributed by atoms with Crippen molar-refractivity contribution in [1.29, 1.82) is 0 Å². The molecule has 1 amide bonds. The van der Waals surface area contributed by atoms with Crippen LogP contribution in [-0.2, 0) is 0 Å². The highest BCUT2D eigenvalue weighted by Crippen LogP contribution is 2.31. The fourth-order valence-electron chi connectivity index (χ4n) is 3.86. The number of aromatic amines is 2. The molecule has 2 fully saturated rings. The van der Waals surface area contributed by atoms with Crippen molar-refractivity contribution in [2.75, 3.05) is 26.7 Å². The van der Waals surface area contributed by atoms with Gasteiger partial charge in [0.05, 0.1) is 5.56 Å². The first-order chi connectivity index (χ1) is 11.6. The van der Waals surface area contributed by atoms with E-state index in [4.69, 9.17) is 0 Å². The number of piperidine rings is 1. The normalized spacial score (nSPS) is 19.7. The summed E-state index contributed by atoms with van der Waals surface area (Å²) >= 11 is 0. The van der Waals surface area contributed by atoms with Gasteiger partial charge in [0, 0.05) is 37.4 Å². The molecule has 2 aliphatic rings. The van der Waals surface area contributed by atoms with Crippen molar-refractivity contribution < 1.29 is 4.79 Å². The summed E-state index contributed by atoms with van der Waals surface area (Å²) in [6.07, 6.45) is 8.29. The Morgan fingerprint density at radius 1 is 1.25 bits per heavy atom. The van der Waals surface area contributed by atoms with Crippen LogP contribution >= 0.6 is 0 Å². The third-order valence-electron chi connectivity index (χ3n) is 5.43. The fourth-order valence-corrected chi connectivity index (χ4v) is 3.86. The molecule has 4 rings (SSSR count). The van der Waals surface area contributed by atoms with Gasteiger partial charge in [-0.2, -0.15) is 0 Å². The van der Waals surface area contributed by atoms with Gasteiger partial charge in [-0.15, -0.1) is 0 Å². The smallest absolute Gasteiger partial charge is 0.272 e. The number of aromatic nitrogens is 2. The van der Waals surface area contributed by atoms with Gasteiger partial charge in [-0.1, -0.05) is 0 Å². The van der Waals surface area contributed by atoms with Crippen molar-refractivity contribution in [1.82, 2.24) is 19.8 Å². The highest BCUT2D eigenvalue weighted by Gasteiger charge is 2.32. The van der Waals surface area contributed by atoms with E-state index < -0.39 is 0 Å². The SMILES string of the molecule is CN(CC1CCN(C2CC2)CC1)C(=O)c1c[nH]c(=O)c2[nH]ccc12. The summed E-state index contributed by atoms with van der Waals surface area (Å²) in [6, 6.07) is 2.63. The van der Waals surface area contributed by atoms with Gasteiger partial charge in [0.1, 0.15) is 5.52 Å². The van der Waals surface area contributed by atoms with Crippen LogP contribution in [0.15, 0.2) is 23.3 Å². The molecule has 0 bridgehead atoms. The van der Waals surface area contributed by atoms with E-state index in [1.807, 2.05) is 7.05 Å². The number of likely N-dealkylation sites (tertiary alicyclic amines) is 1. The Hall–Kier alpha value is -2.08. The second kappa shape index (κ2) is 6.09. The number of nitrogens with zero attached hydrogens (tertiary/aromatic N) is 2. The largest absolute Gasteiger partial charge is 0.357 e. The van der Waals surface area contributed by atoms with E-state index in [-0.39, 0.29) is 11.5 Å². The van der Waals surface area contributed by atoms with Gasteiger partial charge in [0.25, 0.3) is 11.5 Å². The van der Waals surface area contributed by atoms with Crippen LogP contribution in [0.4, 0.5) is 0 Å². The quantitative estimate of drug-likeness (QED) is 0.899. The van der Waals surface area contributed by atoms with E-state index in [1.165, 1.54) is 31.9 Å². The van der Waals surface area contributed by atoms with Gasteiger partial charge < -0.3 is 19.8 Å². The van der Waals surface area contributed by atoms with Crippen molar-refractivity contribution in [3.8, 4) is 0 Å². The number of nitrogens with one attached hydrogen (secondary N) is 2. The average Bonchev–Trinajstić information content (AvgIpc) is 3.32. The van der Waals surface area contributed by atoms with Gasteiger partial charge in [0.2, 0.25) is 0 Å². The zero-order valence-corrected chi connectivity index (χ0v) is 14.0. The average molecular weight is 328 g/mol. The van der Waals surface area contributed by atoms with E-state index in [0.717, 1.165) is 25.7 Å². The lowest BCUT2D eigenvalue weighted by Crippen LogP contribution is -2.40. The number of hydrogen-bond acceptors (Lipinski definition) is 3. The Bertz CT molecular complexity index is 797. The Balaban J connectivity index is 1.43. The summed E-state index contributed by atoms with van der Waals surface area (Å²) in [4.78, 5) is 34.5. The molecule has 0 unspecified atom stereocenters. The van der Waals surface area contributed by atoms with Gasteiger partial charge >= 0.3 is 0 Å². The Morgan fingerprint density at radius 3 is 2.71 bits per heavy atom. The second-order valence-electron chi connectivity index (χ2n) is 7.19. The molecule has 0 radical (unpaired) electrons. The molecule has 6 nitrogen and oxygen atoms in total. The van der Waals surface area contributed by atoms with Crippen LogP contribution in [0.1, 0.15) is 36.0 Å². The highest BCUT2D eigenvalue weighted by molar-refractivity contribution is 6.05. The first kappa shape index (κ1) is 15.4. The van der Waals surface area contributed by atoms with Crippen molar-refractivity contribution in [2.45, 2.75) is 31.7 Å². The van der Waals surface area contributed by atoms with Gasteiger partial charge in [0.15, 0.2) is 0 Å². The minimum atomic E-state index is -0.193. The van der Waals surface area contributed by atoms with Crippen LogP contribution in [0.25, 0.3) is 10.9 Å². The molecule has 3 heterocycles. The topological polar surface area (TPSA) is 72.2 Å². The van der Waals surface area contributed by atoms with Crippen LogP contribution in [0.3, 0.4) is 0 Å². The molecule has 2 aromatic rings.